The number of rotatable bonds is 5. The molecule has 0 saturated carbocycles. The Bertz CT molecular complexity index is 265. The second-order valence-corrected chi connectivity index (χ2v) is 5.67. The molecule has 1 N–H and O–H groups in total. The molecule has 4 heteroatoms. The molecule has 0 aromatic heterocycles. The number of nitrogens with zero attached hydrogens (tertiary/aromatic N) is 1. The average molecular weight is 243 g/mol. The molecule has 17 heavy (non-hydrogen) atoms. The van der Waals surface area contributed by atoms with Gasteiger partial charge in [-0.15, -0.1) is 0 Å². The normalized spacial score (nSPS) is 24.6. The van der Waals surface area contributed by atoms with Gasteiger partial charge in [-0.2, -0.15) is 0 Å². The number of carbonyl (C=O) groups is 1. The molecule has 0 aromatic carbocycles. The number of ether oxygens (including phenoxy) is 1. The van der Waals surface area contributed by atoms with E-state index in [1.54, 1.807) is 7.11 Å². The summed E-state index contributed by atoms with van der Waals surface area (Å²) in [5.74, 6) is -0.461. The van der Waals surface area contributed by atoms with Crippen LogP contribution in [0.2, 0.25) is 0 Å². The summed E-state index contributed by atoms with van der Waals surface area (Å²) in [5, 5.41) is 9.28. The van der Waals surface area contributed by atoms with E-state index in [1.807, 2.05) is 13.8 Å². The Morgan fingerprint density at radius 2 is 2.24 bits per heavy atom. The Balaban J connectivity index is 2.63. The molecule has 1 saturated heterocycles. The highest BCUT2D eigenvalue weighted by Crippen LogP contribution is 2.34. The fraction of sp³-hybridized carbons (Fsp3) is 0.923. The SMILES string of the molecule is COCC(C)N1CCCC(C(C)(C)C(=O)O)C1. The Labute approximate surface area is 104 Å². The highest BCUT2D eigenvalue weighted by molar-refractivity contribution is 5.74. The summed E-state index contributed by atoms with van der Waals surface area (Å²) in [4.78, 5) is 13.6. The molecular formula is C13H25NO3. The molecule has 1 fully saturated rings. The van der Waals surface area contributed by atoms with Crippen molar-refractivity contribution in [3.8, 4) is 0 Å². The number of hydrogen-bond acceptors (Lipinski definition) is 3. The van der Waals surface area contributed by atoms with Gasteiger partial charge in [-0.25, -0.2) is 0 Å². The molecule has 0 aliphatic carbocycles. The number of carboxylic acid groups (broad SMARTS) is 1. The maximum Gasteiger partial charge on any atom is 0.309 e. The van der Waals surface area contributed by atoms with Gasteiger partial charge in [0.15, 0.2) is 0 Å². The zero-order valence-electron chi connectivity index (χ0n) is 11.4. The van der Waals surface area contributed by atoms with Crippen LogP contribution in [0.1, 0.15) is 33.6 Å². The number of piperidine rings is 1. The second kappa shape index (κ2) is 5.83. The first-order valence-corrected chi connectivity index (χ1v) is 6.36. The molecule has 0 spiro atoms. The lowest BCUT2D eigenvalue weighted by molar-refractivity contribution is -0.151. The standard InChI is InChI=1S/C13H25NO3/c1-10(9-17-4)14-7-5-6-11(8-14)13(2,3)12(15)16/h10-11H,5-9H2,1-4H3,(H,15,16). The molecular weight excluding hydrogens is 218 g/mol. The van der Waals surface area contributed by atoms with Gasteiger partial charge in [-0.05, 0) is 46.1 Å². The first-order valence-electron chi connectivity index (χ1n) is 6.36. The fourth-order valence-corrected chi connectivity index (χ4v) is 2.52. The first-order chi connectivity index (χ1) is 7.89. The quantitative estimate of drug-likeness (QED) is 0.800. The molecule has 2 atom stereocenters. The number of carboxylic acids is 1. The monoisotopic (exact) mass is 243 g/mol. The van der Waals surface area contributed by atoms with Gasteiger partial charge in [0.2, 0.25) is 0 Å². The molecule has 2 unspecified atom stereocenters. The molecule has 0 bridgehead atoms. The van der Waals surface area contributed by atoms with Crippen LogP contribution in [0.15, 0.2) is 0 Å². The highest BCUT2D eigenvalue weighted by atomic mass is 16.5. The number of aliphatic carboxylic acids is 1. The summed E-state index contributed by atoms with van der Waals surface area (Å²) >= 11 is 0. The van der Waals surface area contributed by atoms with Crippen LogP contribution in [-0.2, 0) is 9.53 Å². The van der Waals surface area contributed by atoms with E-state index in [0.29, 0.717) is 12.6 Å². The Morgan fingerprint density at radius 1 is 1.59 bits per heavy atom. The zero-order chi connectivity index (χ0) is 13.1. The summed E-state index contributed by atoms with van der Waals surface area (Å²) in [6.45, 7) is 8.44. The van der Waals surface area contributed by atoms with E-state index >= 15 is 0 Å². The van der Waals surface area contributed by atoms with Crippen LogP contribution in [-0.4, -0.2) is 48.8 Å². The van der Waals surface area contributed by atoms with Crippen molar-refractivity contribution < 1.29 is 14.6 Å². The predicted octanol–water partition coefficient (Wildman–Crippen LogP) is 1.84. The van der Waals surface area contributed by atoms with Crippen LogP contribution < -0.4 is 0 Å². The molecule has 1 rings (SSSR count). The van der Waals surface area contributed by atoms with Crippen LogP contribution in [0.4, 0.5) is 0 Å². The highest BCUT2D eigenvalue weighted by Gasteiger charge is 2.39. The predicted molar refractivity (Wildman–Crippen MR) is 67.1 cm³/mol. The van der Waals surface area contributed by atoms with E-state index in [0.717, 1.165) is 25.9 Å². The van der Waals surface area contributed by atoms with E-state index in [4.69, 9.17) is 4.74 Å². The minimum atomic E-state index is -0.691. The lowest BCUT2D eigenvalue weighted by Gasteiger charge is -2.41. The van der Waals surface area contributed by atoms with Gasteiger partial charge in [0.25, 0.3) is 0 Å². The molecule has 100 valence electrons. The zero-order valence-corrected chi connectivity index (χ0v) is 11.4. The minimum Gasteiger partial charge on any atom is -0.481 e. The molecule has 0 amide bonds. The summed E-state index contributed by atoms with van der Waals surface area (Å²) < 4.78 is 5.17. The van der Waals surface area contributed by atoms with Gasteiger partial charge < -0.3 is 9.84 Å². The van der Waals surface area contributed by atoms with Crippen LogP contribution in [0.3, 0.4) is 0 Å². The maximum atomic E-state index is 11.3. The van der Waals surface area contributed by atoms with Crippen molar-refractivity contribution in [1.29, 1.82) is 0 Å². The number of methoxy groups -OCH3 is 1. The van der Waals surface area contributed by atoms with Gasteiger partial charge >= 0.3 is 5.97 Å². The van der Waals surface area contributed by atoms with E-state index in [1.165, 1.54) is 0 Å². The van der Waals surface area contributed by atoms with E-state index in [-0.39, 0.29) is 5.92 Å². The third kappa shape index (κ3) is 3.42. The lowest BCUT2D eigenvalue weighted by Crippen LogP contribution is -2.48. The summed E-state index contributed by atoms with van der Waals surface area (Å²) in [5.41, 5.74) is -0.633. The van der Waals surface area contributed by atoms with Gasteiger partial charge in [0, 0.05) is 19.7 Å². The minimum absolute atomic E-state index is 0.230. The van der Waals surface area contributed by atoms with Gasteiger partial charge in [-0.3, -0.25) is 9.69 Å². The Hall–Kier alpha value is -0.610. The summed E-state index contributed by atoms with van der Waals surface area (Å²) in [6, 6.07) is 0.368. The van der Waals surface area contributed by atoms with E-state index in [2.05, 4.69) is 11.8 Å². The summed E-state index contributed by atoms with van der Waals surface area (Å²) in [7, 11) is 1.71. The van der Waals surface area contributed by atoms with Crippen molar-refractivity contribution in [2.75, 3.05) is 26.8 Å². The Kier molecular flexibility index (Phi) is 4.95. The van der Waals surface area contributed by atoms with E-state index in [9.17, 15) is 9.90 Å². The second-order valence-electron chi connectivity index (χ2n) is 5.67. The topological polar surface area (TPSA) is 49.8 Å². The number of likely N-dealkylation sites (tertiary alicyclic amines) is 1. The van der Waals surface area contributed by atoms with Crippen molar-refractivity contribution in [2.24, 2.45) is 11.3 Å². The van der Waals surface area contributed by atoms with Crippen LogP contribution in [0, 0.1) is 11.3 Å². The molecule has 1 heterocycles. The van der Waals surface area contributed by atoms with Crippen molar-refractivity contribution in [2.45, 2.75) is 39.7 Å². The molecule has 1 aliphatic rings. The summed E-state index contributed by atoms with van der Waals surface area (Å²) in [6.07, 6.45) is 2.09. The van der Waals surface area contributed by atoms with Crippen molar-refractivity contribution in [3.63, 3.8) is 0 Å². The fourth-order valence-electron chi connectivity index (χ4n) is 2.52. The first kappa shape index (κ1) is 14.5. The molecule has 4 nitrogen and oxygen atoms in total. The number of hydrogen-bond donors (Lipinski definition) is 1. The third-order valence-electron chi connectivity index (χ3n) is 4.06. The van der Waals surface area contributed by atoms with Gasteiger partial charge in [0.05, 0.1) is 12.0 Å². The van der Waals surface area contributed by atoms with Crippen molar-refractivity contribution in [1.82, 2.24) is 4.90 Å². The maximum absolute atomic E-state index is 11.3. The van der Waals surface area contributed by atoms with E-state index < -0.39 is 11.4 Å². The van der Waals surface area contributed by atoms with Crippen LogP contribution in [0.25, 0.3) is 0 Å². The average Bonchev–Trinajstić information content (AvgIpc) is 2.29. The van der Waals surface area contributed by atoms with Gasteiger partial charge in [0.1, 0.15) is 0 Å². The smallest absolute Gasteiger partial charge is 0.309 e. The van der Waals surface area contributed by atoms with Crippen LogP contribution in [0.5, 0.6) is 0 Å². The third-order valence-corrected chi connectivity index (χ3v) is 4.06. The molecule has 0 radical (unpaired) electrons. The van der Waals surface area contributed by atoms with Crippen LogP contribution >= 0.6 is 0 Å². The van der Waals surface area contributed by atoms with Gasteiger partial charge in [-0.1, -0.05) is 0 Å². The molecule has 1 aliphatic heterocycles. The van der Waals surface area contributed by atoms with Crippen molar-refractivity contribution in [3.05, 3.63) is 0 Å². The lowest BCUT2D eigenvalue weighted by atomic mass is 9.74. The Morgan fingerprint density at radius 3 is 2.76 bits per heavy atom. The van der Waals surface area contributed by atoms with Crippen molar-refractivity contribution >= 4 is 5.97 Å². The molecule has 0 aromatic rings. The largest absolute Gasteiger partial charge is 0.481 e.